The van der Waals surface area contributed by atoms with Crippen LogP contribution < -0.4 is 5.32 Å². The van der Waals surface area contributed by atoms with E-state index in [0.717, 1.165) is 10.4 Å². The molecule has 7 nitrogen and oxygen atoms in total. The number of hydrogen-bond donors (Lipinski definition) is 1. The molecule has 2 aromatic rings. The molecule has 124 valence electrons. The van der Waals surface area contributed by atoms with Gasteiger partial charge < -0.3 is 19.4 Å². The second kappa shape index (κ2) is 6.76. The van der Waals surface area contributed by atoms with Gasteiger partial charge in [-0.1, -0.05) is 0 Å². The summed E-state index contributed by atoms with van der Waals surface area (Å²) in [7, 11) is 0. The summed E-state index contributed by atoms with van der Waals surface area (Å²) in [5, 5.41) is 12.6. The van der Waals surface area contributed by atoms with E-state index in [0.29, 0.717) is 36.7 Å². The summed E-state index contributed by atoms with van der Waals surface area (Å²) < 4.78 is 10.1. The second-order valence-corrected chi connectivity index (χ2v) is 6.23. The topological polar surface area (TPSA) is 95.6 Å². The number of amides is 2. The molecule has 1 aliphatic rings. The Bertz CT molecular complexity index is 804. The number of nitriles is 1. The molecule has 0 aromatic carbocycles. The fourth-order valence-corrected chi connectivity index (χ4v) is 3.76. The van der Waals surface area contributed by atoms with Crippen LogP contribution >= 0.6 is 11.3 Å². The van der Waals surface area contributed by atoms with E-state index in [1.165, 1.54) is 17.6 Å². The lowest BCUT2D eigenvalue weighted by molar-refractivity contribution is 0.0995. The van der Waals surface area contributed by atoms with Crippen molar-refractivity contribution in [2.24, 2.45) is 0 Å². The summed E-state index contributed by atoms with van der Waals surface area (Å²) in [6.45, 7) is 2.95. The van der Waals surface area contributed by atoms with Gasteiger partial charge in [-0.15, -0.1) is 11.3 Å². The number of nitrogens with zero attached hydrogens (tertiary/aromatic N) is 2. The third-order valence-corrected chi connectivity index (χ3v) is 4.80. The average Bonchev–Trinajstić information content (AvgIpc) is 3.21. The highest BCUT2D eigenvalue weighted by atomic mass is 32.1. The standard InChI is InChI=1S/C16H15N3O4S/c1-2-22-16(21)19-6-5-10-11(8-17)15(24-13(10)9-19)18-14(20)12-4-3-7-23-12/h3-4,7H,2,5-6,9H2,1H3,(H,18,20). The van der Waals surface area contributed by atoms with Crippen molar-refractivity contribution >= 4 is 28.3 Å². The van der Waals surface area contributed by atoms with Crippen molar-refractivity contribution in [1.29, 1.82) is 5.26 Å². The smallest absolute Gasteiger partial charge is 0.410 e. The van der Waals surface area contributed by atoms with Crippen LogP contribution in [0, 0.1) is 11.3 Å². The largest absolute Gasteiger partial charge is 0.459 e. The second-order valence-electron chi connectivity index (χ2n) is 5.12. The number of anilines is 1. The lowest BCUT2D eigenvalue weighted by Gasteiger charge is -2.25. The van der Waals surface area contributed by atoms with Crippen LogP contribution in [0.15, 0.2) is 22.8 Å². The lowest BCUT2D eigenvalue weighted by Crippen LogP contribution is -2.35. The molecule has 0 saturated heterocycles. The zero-order valence-electron chi connectivity index (χ0n) is 13.0. The van der Waals surface area contributed by atoms with E-state index in [-0.39, 0.29) is 11.9 Å². The van der Waals surface area contributed by atoms with Crippen molar-refractivity contribution in [2.45, 2.75) is 19.9 Å². The van der Waals surface area contributed by atoms with Crippen LogP contribution in [-0.2, 0) is 17.7 Å². The Hall–Kier alpha value is -2.79. The summed E-state index contributed by atoms with van der Waals surface area (Å²) >= 11 is 1.31. The molecule has 3 rings (SSSR count). The molecule has 2 aromatic heterocycles. The third-order valence-electron chi connectivity index (χ3n) is 3.67. The molecule has 0 aliphatic carbocycles. The van der Waals surface area contributed by atoms with E-state index in [1.54, 1.807) is 24.0 Å². The van der Waals surface area contributed by atoms with Crippen molar-refractivity contribution in [3.8, 4) is 6.07 Å². The van der Waals surface area contributed by atoms with Gasteiger partial charge in [-0.2, -0.15) is 5.26 Å². The van der Waals surface area contributed by atoms with Gasteiger partial charge in [-0.3, -0.25) is 4.79 Å². The zero-order valence-corrected chi connectivity index (χ0v) is 13.8. The minimum atomic E-state index is -0.405. The van der Waals surface area contributed by atoms with E-state index < -0.39 is 5.91 Å². The minimum absolute atomic E-state index is 0.179. The Morgan fingerprint density at radius 2 is 2.38 bits per heavy atom. The molecule has 8 heteroatoms. The van der Waals surface area contributed by atoms with Crippen molar-refractivity contribution in [1.82, 2.24) is 4.90 Å². The molecule has 2 amide bonds. The third kappa shape index (κ3) is 2.98. The zero-order chi connectivity index (χ0) is 17.1. The summed E-state index contributed by atoms with van der Waals surface area (Å²) in [5.74, 6) is -0.226. The fraction of sp³-hybridized carbons (Fsp3) is 0.312. The number of rotatable bonds is 3. The molecule has 0 unspecified atom stereocenters. The van der Waals surface area contributed by atoms with Crippen molar-refractivity contribution in [2.75, 3.05) is 18.5 Å². The van der Waals surface area contributed by atoms with Gasteiger partial charge >= 0.3 is 6.09 Å². The van der Waals surface area contributed by atoms with Gasteiger partial charge in [-0.25, -0.2) is 4.79 Å². The number of ether oxygens (including phenoxy) is 1. The van der Waals surface area contributed by atoms with Crippen LogP contribution in [0.1, 0.15) is 33.5 Å². The molecule has 0 spiro atoms. The molecule has 0 saturated carbocycles. The Morgan fingerprint density at radius 3 is 3.04 bits per heavy atom. The summed E-state index contributed by atoms with van der Waals surface area (Å²) in [4.78, 5) is 26.5. The molecular formula is C16H15N3O4S. The minimum Gasteiger partial charge on any atom is -0.459 e. The lowest BCUT2D eigenvalue weighted by atomic mass is 10.0. The van der Waals surface area contributed by atoms with Gasteiger partial charge in [-0.05, 0) is 31.0 Å². The average molecular weight is 345 g/mol. The number of furan rings is 1. The molecule has 0 radical (unpaired) electrons. The highest BCUT2D eigenvalue weighted by Gasteiger charge is 2.28. The van der Waals surface area contributed by atoms with E-state index >= 15 is 0 Å². The van der Waals surface area contributed by atoms with Crippen LogP contribution in [0.25, 0.3) is 0 Å². The van der Waals surface area contributed by atoms with E-state index in [9.17, 15) is 14.9 Å². The number of carbonyl (C=O) groups is 2. The van der Waals surface area contributed by atoms with Crippen LogP contribution in [-0.4, -0.2) is 30.1 Å². The van der Waals surface area contributed by atoms with Crippen molar-refractivity contribution in [3.05, 3.63) is 40.2 Å². The normalized spacial score (nSPS) is 13.1. The first-order valence-corrected chi connectivity index (χ1v) is 8.26. The summed E-state index contributed by atoms with van der Waals surface area (Å²) in [6, 6.07) is 5.33. The predicted octanol–water partition coefficient (Wildman–Crippen LogP) is 2.98. The van der Waals surface area contributed by atoms with Gasteiger partial charge in [0.05, 0.1) is 25.0 Å². The van der Waals surface area contributed by atoms with Crippen LogP contribution in [0.2, 0.25) is 0 Å². The molecule has 1 N–H and O–H groups in total. The summed E-state index contributed by atoms with van der Waals surface area (Å²) in [6.07, 6.45) is 1.61. The van der Waals surface area contributed by atoms with E-state index in [1.807, 2.05) is 0 Å². The Labute approximate surface area is 142 Å². The van der Waals surface area contributed by atoms with Crippen LogP contribution in [0.3, 0.4) is 0 Å². The maximum atomic E-state index is 12.1. The van der Waals surface area contributed by atoms with E-state index in [4.69, 9.17) is 9.15 Å². The first kappa shape index (κ1) is 16.1. The first-order valence-electron chi connectivity index (χ1n) is 7.45. The number of carbonyl (C=O) groups excluding carboxylic acids is 2. The predicted molar refractivity (Wildman–Crippen MR) is 86.8 cm³/mol. The number of hydrogen-bond acceptors (Lipinski definition) is 6. The maximum Gasteiger partial charge on any atom is 0.410 e. The first-order chi connectivity index (χ1) is 11.6. The quantitative estimate of drug-likeness (QED) is 0.922. The monoisotopic (exact) mass is 345 g/mol. The van der Waals surface area contributed by atoms with Crippen LogP contribution in [0.5, 0.6) is 0 Å². The number of fused-ring (bicyclic) bond motifs is 1. The molecule has 0 bridgehead atoms. The molecule has 0 fully saturated rings. The number of thiophene rings is 1. The van der Waals surface area contributed by atoms with Gasteiger partial charge in [0.15, 0.2) is 5.76 Å². The Morgan fingerprint density at radius 1 is 1.54 bits per heavy atom. The van der Waals surface area contributed by atoms with Crippen molar-refractivity contribution in [3.63, 3.8) is 0 Å². The summed E-state index contributed by atoms with van der Waals surface area (Å²) in [5.41, 5.74) is 1.34. The van der Waals surface area contributed by atoms with Gasteiger partial charge in [0, 0.05) is 11.4 Å². The van der Waals surface area contributed by atoms with Gasteiger partial charge in [0.2, 0.25) is 0 Å². The van der Waals surface area contributed by atoms with Gasteiger partial charge in [0.25, 0.3) is 5.91 Å². The highest BCUT2D eigenvalue weighted by molar-refractivity contribution is 7.16. The molecule has 3 heterocycles. The Kier molecular flexibility index (Phi) is 4.53. The SMILES string of the molecule is CCOC(=O)N1CCc2c(sc(NC(=O)c3ccco3)c2C#N)C1. The Balaban J connectivity index is 1.82. The van der Waals surface area contributed by atoms with Crippen LogP contribution in [0.4, 0.5) is 9.80 Å². The fourth-order valence-electron chi connectivity index (χ4n) is 2.55. The number of nitrogens with one attached hydrogen (secondary N) is 1. The molecule has 1 aliphatic heterocycles. The molecule has 24 heavy (non-hydrogen) atoms. The van der Waals surface area contributed by atoms with Gasteiger partial charge in [0.1, 0.15) is 11.1 Å². The molecule has 0 atom stereocenters. The molecular weight excluding hydrogens is 330 g/mol. The maximum absolute atomic E-state index is 12.1. The van der Waals surface area contributed by atoms with Crippen molar-refractivity contribution < 1.29 is 18.7 Å². The highest BCUT2D eigenvalue weighted by Crippen LogP contribution is 2.37. The van der Waals surface area contributed by atoms with E-state index in [2.05, 4.69) is 11.4 Å².